The smallest absolute Gasteiger partial charge is 0.0692 e. The molecule has 1 saturated carbocycles. The van der Waals surface area contributed by atoms with Crippen molar-refractivity contribution in [2.45, 2.75) is 25.5 Å². The summed E-state index contributed by atoms with van der Waals surface area (Å²) in [7, 11) is 0. The van der Waals surface area contributed by atoms with Crippen LogP contribution in [0.1, 0.15) is 18.4 Å². The molecule has 1 aromatic rings. The number of benzene rings is 1. The molecule has 3 heteroatoms. The van der Waals surface area contributed by atoms with Crippen molar-refractivity contribution in [2.75, 3.05) is 6.54 Å². The highest BCUT2D eigenvalue weighted by Crippen LogP contribution is 2.32. The van der Waals surface area contributed by atoms with E-state index in [4.69, 9.17) is 11.6 Å². The summed E-state index contributed by atoms with van der Waals surface area (Å²) in [6.45, 7) is 1.48. The lowest BCUT2D eigenvalue weighted by molar-refractivity contribution is 0.148. The standard InChI is InChI=1S/C12H16ClNO/c13-11-5-1-9(2-6-11)7-14-8-12(15)10-3-4-10/h1-2,5-6,10,12,14-15H,3-4,7-8H2. The number of aliphatic hydroxyl groups is 1. The highest BCUT2D eigenvalue weighted by Gasteiger charge is 2.28. The van der Waals surface area contributed by atoms with Crippen LogP contribution in [0.4, 0.5) is 0 Å². The Labute approximate surface area is 95.3 Å². The molecule has 2 nitrogen and oxygen atoms in total. The van der Waals surface area contributed by atoms with Gasteiger partial charge in [-0.15, -0.1) is 0 Å². The Kier molecular flexibility index (Phi) is 3.62. The molecule has 0 spiro atoms. The molecule has 1 aliphatic rings. The van der Waals surface area contributed by atoms with Crippen LogP contribution in [0.3, 0.4) is 0 Å². The lowest BCUT2D eigenvalue weighted by Gasteiger charge is -2.10. The van der Waals surface area contributed by atoms with Crippen molar-refractivity contribution in [3.8, 4) is 0 Å². The molecule has 0 saturated heterocycles. The average Bonchev–Trinajstić information content (AvgIpc) is 3.04. The molecule has 2 N–H and O–H groups in total. The molecule has 2 rings (SSSR count). The highest BCUT2D eigenvalue weighted by molar-refractivity contribution is 6.30. The largest absolute Gasteiger partial charge is 0.392 e. The molecule has 0 heterocycles. The first-order valence-corrected chi connectivity index (χ1v) is 5.77. The zero-order chi connectivity index (χ0) is 10.7. The second kappa shape index (κ2) is 4.97. The average molecular weight is 226 g/mol. The van der Waals surface area contributed by atoms with E-state index in [-0.39, 0.29) is 6.10 Å². The van der Waals surface area contributed by atoms with Crippen molar-refractivity contribution in [1.29, 1.82) is 0 Å². The fourth-order valence-corrected chi connectivity index (χ4v) is 1.74. The third-order valence-corrected chi connectivity index (χ3v) is 3.01. The number of hydrogen-bond acceptors (Lipinski definition) is 2. The third kappa shape index (κ3) is 3.49. The van der Waals surface area contributed by atoms with E-state index >= 15 is 0 Å². The summed E-state index contributed by atoms with van der Waals surface area (Å²) in [4.78, 5) is 0. The van der Waals surface area contributed by atoms with E-state index in [0.717, 1.165) is 11.6 Å². The summed E-state index contributed by atoms with van der Waals surface area (Å²) < 4.78 is 0. The molecule has 15 heavy (non-hydrogen) atoms. The van der Waals surface area contributed by atoms with Gasteiger partial charge in [-0.1, -0.05) is 23.7 Å². The molecule has 0 radical (unpaired) electrons. The second-order valence-electron chi connectivity index (χ2n) is 4.16. The van der Waals surface area contributed by atoms with E-state index in [1.807, 2.05) is 24.3 Å². The summed E-state index contributed by atoms with van der Waals surface area (Å²) in [6.07, 6.45) is 2.20. The third-order valence-electron chi connectivity index (χ3n) is 2.76. The van der Waals surface area contributed by atoms with E-state index in [1.54, 1.807) is 0 Å². The summed E-state index contributed by atoms with van der Waals surface area (Å²) in [5, 5.41) is 13.6. The van der Waals surface area contributed by atoms with Crippen molar-refractivity contribution < 1.29 is 5.11 Å². The Morgan fingerprint density at radius 1 is 1.33 bits per heavy atom. The molecule has 0 bridgehead atoms. The molecule has 1 atom stereocenters. The van der Waals surface area contributed by atoms with Gasteiger partial charge in [0.05, 0.1) is 6.10 Å². The van der Waals surface area contributed by atoms with Crippen LogP contribution in [0.25, 0.3) is 0 Å². The molecule has 1 fully saturated rings. The van der Waals surface area contributed by atoms with Crippen LogP contribution in [0, 0.1) is 5.92 Å². The molecule has 0 amide bonds. The molecule has 0 aromatic heterocycles. The molecule has 82 valence electrons. The van der Waals surface area contributed by atoms with Gasteiger partial charge in [-0.25, -0.2) is 0 Å². The summed E-state index contributed by atoms with van der Waals surface area (Å²) in [5.41, 5.74) is 1.20. The van der Waals surface area contributed by atoms with Gasteiger partial charge in [-0.05, 0) is 36.5 Å². The fourth-order valence-electron chi connectivity index (χ4n) is 1.61. The monoisotopic (exact) mass is 225 g/mol. The Bertz CT molecular complexity index is 308. The number of halogens is 1. The van der Waals surface area contributed by atoms with Crippen LogP contribution in [0.15, 0.2) is 24.3 Å². The second-order valence-corrected chi connectivity index (χ2v) is 4.60. The van der Waals surface area contributed by atoms with Gasteiger partial charge in [0.2, 0.25) is 0 Å². The minimum Gasteiger partial charge on any atom is -0.392 e. The van der Waals surface area contributed by atoms with Crippen molar-refractivity contribution in [1.82, 2.24) is 5.32 Å². The first-order valence-electron chi connectivity index (χ1n) is 5.39. The Hall–Kier alpha value is -0.570. The van der Waals surface area contributed by atoms with Crippen molar-refractivity contribution >= 4 is 11.6 Å². The van der Waals surface area contributed by atoms with Crippen molar-refractivity contribution in [3.63, 3.8) is 0 Å². The van der Waals surface area contributed by atoms with Gasteiger partial charge >= 0.3 is 0 Å². The number of nitrogens with one attached hydrogen (secondary N) is 1. The van der Waals surface area contributed by atoms with Crippen LogP contribution in [0.5, 0.6) is 0 Å². The molecule has 1 aromatic carbocycles. The maximum Gasteiger partial charge on any atom is 0.0692 e. The molecule has 0 aliphatic heterocycles. The number of hydrogen-bond donors (Lipinski definition) is 2. The van der Waals surface area contributed by atoms with Gasteiger partial charge in [0.25, 0.3) is 0 Å². The van der Waals surface area contributed by atoms with Gasteiger partial charge in [0.15, 0.2) is 0 Å². The highest BCUT2D eigenvalue weighted by atomic mass is 35.5. The van der Waals surface area contributed by atoms with Gasteiger partial charge in [0.1, 0.15) is 0 Å². The van der Waals surface area contributed by atoms with Crippen LogP contribution in [0.2, 0.25) is 5.02 Å². The minimum absolute atomic E-state index is 0.169. The van der Waals surface area contributed by atoms with Crippen LogP contribution >= 0.6 is 11.6 Å². The van der Waals surface area contributed by atoms with Crippen molar-refractivity contribution in [3.05, 3.63) is 34.9 Å². The molecular formula is C12H16ClNO. The molecule has 1 unspecified atom stereocenters. The maximum absolute atomic E-state index is 9.63. The number of aliphatic hydroxyl groups excluding tert-OH is 1. The predicted molar refractivity (Wildman–Crippen MR) is 61.9 cm³/mol. The van der Waals surface area contributed by atoms with E-state index < -0.39 is 0 Å². The van der Waals surface area contributed by atoms with Crippen LogP contribution in [-0.4, -0.2) is 17.8 Å². The van der Waals surface area contributed by atoms with Gasteiger partial charge in [0, 0.05) is 18.1 Å². The normalized spacial score (nSPS) is 17.7. The van der Waals surface area contributed by atoms with E-state index in [1.165, 1.54) is 18.4 Å². The van der Waals surface area contributed by atoms with E-state index in [9.17, 15) is 5.11 Å². The fraction of sp³-hybridized carbons (Fsp3) is 0.500. The van der Waals surface area contributed by atoms with Crippen molar-refractivity contribution in [2.24, 2.45) is 5.92 Å². The van der Waals surface area contributed by atoms with Gasteiger partial charge in [-0.3, -0.25) is 0 Å². The Morgan fingerprint density at radius 3 is 2.60 bits per heavy atom. The summed E-state index contributed by atoms with van der Waals surface area (Å²) in [5.74, 6) is 0.544. The minimum atomic E-state index is -0.169. The van der Waals surface area contributed by atoms with Gasteiger partial charge in [-0.2, -0.15) is 0 Å². The van der Waals surface area contributed by atoms with E-state index in [0.29, 0.717) is 12.5 Å². The SMILES string of the molecule is OC(CNCc1ccc(Cl)cc1)C1CC1. The topological polar surface area (TPSA) is 32.3 Å². The molecular weight excluding hydrogens is 210 g/mol. The van der Waals surface area contributed by atoms with Crippen LogP contribution < -0.4 is 5.32 Å². The van der Waals surface area contributed by atoms with Gasteiger partial charge < -0.3 is 10.4 Å². The Morgan fingerprint density at radius 2 is 2.00 bits per heavy atom. The van der Waals surface area contributed by atoms with Crippen LogP contribution in [-0.2, 0) is 6.54 Å². The first kappa shape index (κ1) is 10.9. The zero-order valence-electron chi connectivity index (χ0n) is 8.62. The molecule has 1 aliphatic carbocycles. The maximum atomic E-state index is 9.63. The summed E-state index contributed by atoms with van der Waals surface area (Å²) >= 11 is 5.79. The first-order chi connectivity index (χ1) is 7.25. The zero-order valence-corrected chi connectivity index (χ0v) is 9.37. The van der Waals surface area contributed by atoms with E-state index in [2.05, 4.69) is 5.32 Å². The predicted octanol–water partition coefficient (Wildman–Crippen LogP) is 2.20. The quantitative estimate of drug-likeness (QED) is 0.806. The lowest BCUT2D eigenvalue weighted by atomic mass is 10.2. The summed E-state index contributed by atoms with van der Waals surface area (Å²) in [6, 6.07) is 7.77. The number of rotatable bonds is 5. The lowest BCUT2D eigenvalue weighted by Crippen LogP contribution is -2.27. The Balaban J connectivity index is 1.70.